The van der Waals surface area contributed by atoms with Crippen LogP contribution >= 0.6 is 24.0 Å². The first-order chi connectivity index (χ1) is 14.3. The lowest BCUT2D eigenvalue weighted by Crippen LogP contribution is -2.49. The van der Waals surface area contributed by atoms with Gasteiger partial charge in [-0.2, -0.15) is 0 Å². The number of nitrogens with one attached hydrogen (secondary N) is 2. The van der Waals surface area contributed by atoms with Crippen molar-refractivity contribution >= 4 is 52.1 Å². The Hall–Kier alpha value is -2.21. The summed E-state index contributed by atoms with van der Waals surface area (Å²) in [5.41, 5.74) is 2.74. The summed E-state index contributed by atoms with van der Waals surface area (Å²) in [4.78, 5) is 7.08. The van der Waals surface area contributed by atoms with E-state index in [0.717, 1.165) is 42.7 Å². The number of rotatable bonds is 4. The van der Waals surface area contributed by atoms with Crippen molar-refractivity contribution in [3.05, 3.63) is 53.6 Å². The summed E-state index contributed by atoms with van der Waals surface area (Å²) >= 11 is 6.00. The minimum Gasteiger partial charge on any atom is -0.506 e. The van der Waals surface area contributed by atoms with Crippen LogP contribution in [-0.2, 0) is 0 Å². The second kappa shape index (κ2) is 9.51. The number of aromatic hydroxyl groups is 1. The second-order valence-corrected chi connectivity index (χ2v) is 9.42. The average molecular weight is 461 g/mol. The van der Waals surface area contributed by atoms with Gasteiger partial charge < -0.3 is 20.6 Å². The van der Waals surface area contributed by atoms with Crippen molar-refractivity contribution in [3.63, 3.8) is 0 Å². The van der Waals surface area contributed by atoms with Gasteiger partial charge in [-0.15, -0.1) is 12.4 Å². The van der Waals surface area contributed by atoms with Gasteiger partial charge in [-0.05, 0) is 63.9 Å². The first kappa shape index (κ1) is 23.5. The van der Waals surface area contributed by atoms with Gasteiger partial charge in [0.25, 0.3) is 0 Å². The van der Waals surface area contributed by atoms with Crippen LogP contribution in [0.2, 0.25) is 5.02 Å². The van der Waals surface area contributed by atoms with E-state index >= 15 is 0 Å². The Morgan fingerprint density at radius 3 is 2.39 bits per heavy atom. The highest BCUT2D eigenvalue weighted by Gasteiger charge is 2.24. The van der Waals surface area contributed by atoms with E-state index in [0.29, 0.717) is 22.4 Å². The molecule has 0 radical (unpaired) electrons. The van der Waals surface area contributed by atoms with Gasteiger partial charge >= 0.3 is 0 Å². The Kier molecular flexibility index (Phi) is 7.20. The number of nitrogens with zero attached hydrogens (tertiary/aromatic N) is 2. The highest BCUT2D eigenvalue weighted by molar-refractivity contribution is 6.30. The fourth-order valence-electron chi connectivity index (χ4n) is 4.10. The number of para-hydroxylation sites is 1. The molecule has 31 heavy (non-hydrogen) atoms. The summed E-state index contributed by atoms with van der Waals surface area (Å²) in [5, 5.41) is 19.2. The van der Waals surface area contributed by atoms with Crippen LogP contribution in [0.15, 0.2) is 48.5 Å². The highest BCUT2D eigenvalue weighted by atomic mass is 35.5. The number of halogens is 2. The van der Waals surface area contributed by atoms with E-state index in [1.165, 1.54) is 0 Å². The molecule has 5 nitrogen and oxygen atoms in total. The molecule has 0 bridgehead atoms. The van der Waals surface area contributed by atoms with E-state index in [1.807, 2.05) is 36.4 Å². The SMILES string of the molecule is CC(C)(C)NC1CCN(c2cc(Nc3ccc(Cl)cc3)nc3c(O)cccc23)CC1.Cl. The van der Waals surface area contributed by atoms with Gasteiger partial charge in [-0.25, -0.2) is 4.98 Å². The van der Waals surface area contributed by atoms with Crippen molar-refractivity contribution in [2.75, 3.05) is 23.3 Å². The molecule has 1 aliphatic heterocycles. The lowest BCUT2D eigenvalue weighted by molar-refractivity contribution is 0.317. The molecule has 0 spiro atoms. The van der Waals surface area contributed by atoms with E-state index in [1.54, 1.807) is 6.07 Å². The maximum Gasteiger partial charge on any atom is 0.141 e. The van der Waals surface area contributed by atoms with Gasteiger partial charge in [0.1, 0.15) is 17.1 Å². The number of piperidine rings is 1. The third-order valence-corrected chi connectivity index (χ3v) is 5.64. The van der Waals surface area contributed by atoms with Crippen LogP contribution in [0.25, 0.3) is 10.9 Å². The van der Waals surface area contributed by atoms with Crippen molar-refractivity contribution in [2.24, 2.45) is 0 Å². The first-order valence-electron chi connectivity index (χ1n) is 10.5. The number of phenols is 1. The molecule has 4 rings (SSSR count). The normalized spacial score (nSPS) is 15.0. The Labute approximate surface area is 195 Å². The third kappa shape index (κ3) is 5.73. The molecule has 3 N–H and O–H groups in total. The van der Waals surface area contributed by atoms with Gasteiger partial charge in [0.2, 0.25) is 0 Å². The van der Waals surface area contributed by atoms with Crippen molar-refractivity contribution in [2.45, 2.75) is 45.2 Å². The molecule has 2 aromatic carbocycles. The summed E-state index contributed by atoms with van der Waals surface area (Å²) < 4.78 is 0. The van der Waals surface area contributed by atoms with Crippen LogP contribution in [0.3, 0.4) is 0 Å². The summed E-state index contributed by atoms with van der Waals surface area (Å²) in [7, 11) is 0. The quantitative estimate of drug-likeness (QED) is 0.437. The fourth-order valence-corrected chi connectivity index (χ4v) is 4.23. The molecule has 2 heterocycles. The Morgan fingerprint density at radius 2 is 1.74 bits per heavy atom. The molecule has 3 aromatic rings. The predicted molar refractivity (Wildman–Crippen MR) is 134 cm³/mol. The lowest BCUT2D eigenvalue weighted by atomic mass is 9.99. The molecule has 0 aliphatic carbocycles. The van der Waals surface area contributed by atoms with Gasteiger partial charge in [0, 0.05) is 52.5 Å². The molecule has 0 unspecified atom stereocenters. The zero-order chi connectivity index (χ0) is 21.3. The summed E-state index contributed by atoms with van der Waals surface area (Å²) in [6.07, 6.45) is 2.17. The first-order valence-corrected chi connectivity index (χ1v) is 10.8. The number of fused-ring (bicyclic) bond motifs is 1. The van der Waals surface area contributed by atoms with Crippen molar-refractivity contribution < 1.29 is 5.11 Å². The maximum atomic E-state index is 10.5. The Balaban J connectivity index is 0.00000272. The van der Waals surface area contributed by atoms with E-state index in [9.17, 15) is 5.11 Å². The minimum absolute atomic E-state index is 0. The Morgan fingerprint density at radius 1 is 1.06 bits per heavy atom. The van der Waals surface area contributed by atoms with Crippen LogP contribution in [0.1, 0.15) is 33.6 Å². The number of aromatic nitrogens is 1. The van der Waals surface area contributed by atoms with Gasteiger partial charge in [-0.1, -0.05) is 23.7 Å². The molecule has 1 aromatic heterocycles. The average Bonchev–Trinajstić information content (AvgIpc) is 2.69. The molecule has 0 atom stereocenters. The number of phenolic OH excluding ortho intramolecular Hbond substituents is 1. The summed E-state index contributed by atoms with van der Waals surface area (Å²) in [6.45, 7) is 8.57. The van der Waals surface area contributed by atoms with E-state index in [2.05, 4.69) is 47.4 Å². The zero-order valence-electron chi connectivity index (χ0n) is 18.2. The molecular formula is C24H30Cl2N4O. The van der Waals surface area contributed by atoms with Crippen LogP contribution in [0.5, 0.6) is 5.75 Å². The lowest BCUT2D eigenvalue weighted by Gasteiger charge is -2.37. The van der Waals surface area contributed by atoms with Crippen molar-refractivity contribution in [1.82, 2.24) is 10.3 Å². The van der Waals surface area contributed by atoms with E-state index in [4.69, 9.17) is 11.6 Å². The molecule has 0 saturated carbocycles. The summed E-state index contributed by atoms with van der Waals surface area (Å²) in [6, 6.07) is 15.7. The number of pyridine rings is 1. The smallest absolute Gasteiger partial charge is 0.141 e. The molecule has 166 valence electrons. The number of hydrogen-bond donors (Lipinski definition) is 3. The van der Waals surface area contributed by atoms with E-state index < -0.39 is 0 Å². The zero-order valence-corrected chi connectivity index (χ0v) is 19.7. The van der Waals surface area contributed by atoms with Gasteiger partial charge in [-0.3, -0.25) is 0 Å². The maximum absolute atomic E-state index is 10.5. The topological polar surface area (TPSA) is 60.4 Å². The molecule has 0 amide bonds. The Bertz CT molecular complexity index is 1030. The third-order valence-electron chi connectivity index (χ3n) is 5.39. The largest absolute Gasteiger partial charge is 0.506 e. The molecule has 1 saturated heterocycles. The standard InChI is InChI=1S/C24H29ClN4O.ClH/c1-24(2,3)28-18-11-13-29(14-12-18)20-15-22(26-17-9-7-16(25)8-10-17)27-23-19(20)5-4-6-21(23)30;/h4-10,15,18,28,30H,11-14H2,1-3H3,(H,26,27);1H. The molecule has 7 heteroatoms. The number of anilines is 3. The van der Waals surface area contributed by atoms with Crippen LogP contribution in [-0.4, -0.2) is 34.8 Å². The van der Waals surface area contributed by atoms with Gasteiger partial charge in [0.05, 0.1) is 0 Å². The van der Waals surface area contributed by atoms with Crippen molar-refractivity contribution in [3.8, 4) is 5.75 Å². The van der Waals surface area contributed by atoms with Crippen LogP contribution < -0.4 is 15.5 Å². The highest BCUT2D eigenvalue weighted by Crippen LogP contribution is 2.35. The number of hydrogen-bond acceptors (Lipinski definition) is 5. The molecule has 1 fully saturated rings. The van der Waals surface area contributed by atoms with Crippen molar-refractivity contribution in [1.29, 1.82) is 0 Å². The molecular weight excluding hydrogens is 431 g/mol. The second-order valence-electron chi connectivity index (χ2n) is 8.99. The number of benzene rings is 2. The van der Waals surface area contributed by atoms with Crippen LogP contribution in [0.4, 0.5) is 17.2 Å². The minimum atomic E-state index is 0. The monoisotopic (exact) mass is 460 g/mol. The van der Waals surface area contributed by atoms with E-state index in [-0.39, 0.29) is 23.7 Å². The van der Waals surface area contributed by atoms with Crippen LogP contribution in [0, 0.1) is 0 Å². The fraction of sp³-hybridized carbons (Fsp3) is 0.375. The summed E-state index contributed by atoms with van der Waals surface area (Å²) in [5.74, 6) is 0.897. The predicted octanol–water partition coefficient (Wildman–Crippen LogP) is 6.12. The molecule has 1 aliphatic rings. The van der Waals surface area contributed by atoms with Gasteiger partial charge in [0.15, 0.2) is 0 Å².